The highest BCUT2D eigenvalue weighted by molar-refractivity contribution is 6.05. The molecule has 0 fully saturated rings. The Hall–Kier alpha value is -3.22. The molecule has 134 valence electrons. The van der Waals surface area contributed by atoms with Gasteiger partial charge in [0.2, 0.25) is 0 Å². The molecule has 7 heteroatoms. The lowest BCUT2D eigenvalue weighted by Crippen LogP contribution is -2.13. The summed E-state index contributed by atoms with van der Waals surface area (Å²) in [5.74, 6) is 0.476. The molecule has 0 aliphatic heterocycles. The molecule has 3 aromatic rings. The minimum Gasteiger partial charge on any atom is -0.435 e. The number of nitrogens with zero attached hydrogens (tertiary/aromatic N) is 2. The van der Waals surface area contributed by atoms with Crippen LogP contribution in [-0.4, -0.2) is 22.1 Å². The van der Waals surface area contributed by atoms with Crippen molar-refractivity contribution in [3.63, 3.8) is 0 Å². The van der Waals surface area contributed by atoms with E-state index in [1.165, 1.54) is 24.3 Å². The molecule has 0 atom stereocenters. The number of halogens is 2. The van der Waals surface area contributed by atoms with E-state index in [-0.39, 0.29) is 11.7 Å². The van der Waals surface area contributed by atoms with Crippen LogP contribution in [0.5, 0.6) is 5.75 Å². The van der Waals surface area contributed by atoms with Gasteiger partial charge in [-0.2, -0.15) is 8.78 Å². The predicted octanol–water partition coefficient (Wildman–Crippen LogP) is 4.34. The second-order valence-electron chi connectivity index (χ2n) is 5.67. The molecule has 0 unspecified atom stereocenters. The Morgan fingerprint density at radius 3 is 2.50 bits per heavy atom. The van der Waals surface area contributed by atoms with Crippen molar-refractivity contribution in [3.05, 3.63) is 71.7 Å². The number of alkyl halides is 2. The lowest BCUT2D eigenvalue weighted by molar-refractivity contribution is -0.0498. The van der Waals surface area contributed by atoms with E-state index < -0.39 is 6.61 Å². The van der Waals surface area contributed by atoms with Gasteiger partial charge >= 0.3 is 6.61 Å². The number of carbonyl (C=O) groups is 1. The summed E-state index contributed by atoms with van der Waals surface area (Å²) in [6.07, 6.45) is 1.69. The summed E-state index contributed by atoms with van der Waals surface area (Å²) in [4.78, 5) is 16.9. The third kappa shape index (κ3) is 3.72. The van der Waals surface area contributed by atoms with Crippen LogP contribution in [0.3, 0.4) is 0 Å². The van der Waals surface area contributed by atoms with E-state index >= 15 is 0 Å². The Morgan fingerprint density at radius 1 is 1.15 bits per heavy atom. The Morgan fingerprint density at radius 2 is 1.88 bits per heavy atom. The molecule has 26 heavy (non-hydrogen) atoms. The molecule has 2 aromatic heterocycles. The molecular formula is C19H17F2N3O2. The van der Waals surface area contributed by atoms with Crippen LogP contribution >= 0.6 is 0 Å². The lowest BCUT2D eigenvalue weighted by Gasteiger charge is -2.09. The molecular weight excluding hydrogens is 340 g/mol. The summed E-state index contributed by atoms with van der Waals surface area (Å²) in [6, 6.07) is 13.1. The van der Waals surface area contributed by atoms with E-state index in [0.717, 1.165) is 17.2 Å². The lowest BCUT2D eigenvalue weighted by atomic mass is 10.2. The number of hydrogen-bond acceptors (Lipinski definition) is 3. The van der Waals surface area contributed by atoms with Crippen molar-refractivity contribution in [2.75, 3.05) is 5.32 Å². The van der Waals surface area contributed by atoms with Gasteiger partial charge in [-0.25, -0.2) is 4.98 Å². The van der Waals surface area contributed by atoms with Crippen molar-refractivity contribution in [1.29, 1.82) is 0 Å². The molecule has 0 radical (unpaired) electrons. The fourth-order valence-corrected chi connectivity index (χ4v) is 2.75. The molecule has 0 saturated heterocycles. The largest absolute Gasteiger partial charge is 0.435 e. The number of benzene rings is 1. The number of aryl methyl sites for hydroxylation is 1. The first kappa shape index (κ1) is 17.6. The van der Waals surface area contributed by atoms with Crippen LogP contribution in [0.15, 0.2) is 54.7 Å². The first-order valence-electron chi connectivity index (χ1n) is 7.92. The third-order valence-electron chi connectivity index (χ3n) is 3.89. The molecule has 0 aliphatic rings. The van der Waals surface area contributed by atoms with Gasteiger partial charge in [0.1, 0.15) is 11.6 Å². The van der Waals surface area contributed by atoms with Crippen molar-refractivity contribution in [2.24, 2.45) is 0 Å². The van der Waals surface area contributed by atoms with Crippen LogP contribution in [0.25, 0.3) is 5.82 Å². The second kappa shape index (κ2) is 7.35. The first-order chi connectivity index (χ1) is 12.5. The summed E-state index contributed by atoms with van der Waals surface area (Å²) in [7, 11) is 0. The van der Waals surface area contributed by atoms with Gasteiger partial charge in [0.15, 0.2) is 0 Å². The van der Waals surface area contributed by atoms with E-state index in [0.29, 0.717) is 11.3 Å². The maximum atomic E-state index is 12.6. The summed E-state index contributed by atoms with van der Waals surface area (Å²) in [6.45, 7) is 0.859. The number of nitrogens with one attached hydrogen (secondary N) is 1. The van der Waals surface area contributed by atoms with Gasteiger partial charge in [-0.3, -0.25) is 4.79 Å². The third-order valence-corrected chi connectivity index (χ3v) is 3.89. The van der Waals surface area contributed by atoms with Crippen LogP contribution < -0.4 is 10.1 Å². The Labute approximate surface area is 149 Å². The predicted molar refractivity (Wildman–Crippen MR) is 94.1 cm³/mol. The molecule has 0 spiro atoms. The van der Waals surface area contributed by atoms with Gasteiger partial charge in [-0.15, -0.1) is 0 Å². The first-order valence-corrected chi connectivity index (χ1v) is 7.92. The topological polar surface area (TPSA) is 56.1 Å². The molecule has 3 rings (SSSR count). The zero-order chi connectivity index (χ0) is 18.7. The van der Waals surface area contributed by atoms with Crippen molar-refractivity contribution in [1.82, 2.24) is 9.55 Å². The maximum Gasteiger partial charge on any atom is 0.387 e. The number of ether oxygens (including phenoxy) is 1. The van der Waals surface area contributed by atoms with Crippen molar-refractivity contribution >= 4 is 11.6 Å². The number of carbonyl (C=O) groups excluding carboxylic acids is 1. The smallest absolute Gasteiger partial charge is 0.387 e. The summed E-state index contributed by atoms with van der Waals surface area (Å²) in [5, 5.41) is 2.76. The average Bonchev–Trinajstić information content (AvgIpc) is 2.91. The highest BCUT2D eigenvalue weighted by Gasteiger charge is 2.17. The molecule has 0 bridgehead atoms. The van der Waals surface area contributed by atoms with Crippen LogP contribution in [-0.2, 0) is 0 Å². The van der Waals surface area contributed by atoms with Gasteiger partial charge in [0.25, 0.3) is 5.91 Å². The number of pyridine rings is 1. The van der Waals surface area contributed by atoms with Gasteiger partial charge in [-0.1, -0.05) is 6.07 Å². The molecule has 1 amide bonds. The highest BCUT2D eigenvalue weighted by Crippen LogP contribution is 2.22. The van der Waals surface area contributed by atoms with Gasteiger partial charge in [0, 0.05) is 23.3 Å². The van der Waals surface area contributed by atoms with Gasteiger partial charge in [0.05, 0.1) is 5.56 Å². The number of rotatable bonds is 5. The van der Waals surface area contributed by atoms with Gasteiger partial charge < -0.3 is 14.6 Å². The minimum absolute atomic E-state index is 0.0336. The van der Waals surface area contributed by atoms with E-state index in [1.54, 1.807) is 12.3 Å². The monoisotopic (exact) mass is 357 g/mol. The van der Waals surface area contributed by atoms with Crippen LogP contribution in [0, 0.1) is 13.8 Å². The van der Waals surface area contributed by atoms with Crippen LogP contribution in [0.2, 0.25) is 0 Å². The molecule has 1 aromatic carbocycles. The molecule has 1 N–H and O–H groups in total. The molecule has 2 heterocycles. The standard InChI is InChI=1S/C19H17F2N3O2/c1-12-11-16(13(2)24(12)17-5-3-4-10-22-17)18(25)23-14-6-8-15(9-7-14)26-19(20)21/h3-11,19H,1-2H3,(H,23,25). The fourth-order valence-electron chi connectivity index (χ4n) is 2.75. The SMILES string of the molecule is Cc1cc(C(=O)Nc2ccc(OC(F)F)cc2)c(C)n1-c1ccccn1. The Kier molecular flexibility index (Phi) is 4.97. The number of aromatic nitrogens is 2. The van der Waals surface area contributed by atoms with Crippen molar-refractivity contribution in [3.8, 4) is 11.6 Å². The Bertz CT molecular complexity index is 907. The molecule has 0 aliphatic carbocycles. The molecule has 0 saturated carbocycles. The van der Waals surface area contributed by atoms with E-state index in [2.05, 4.69) is 15.0 Å². The van der Waals surface area contributed by atoms with E-state index in [9.17, 15) is 13.6 Å². The maximum absolute atomic E-state index is 12.6. The highest BCUT2D eigenvalue weighted by atomic mass is 19.3. The summed E-state index contributed by atoms with van der Waals surface area (Å²) < 4.78 is 30.5. The average molecular weight is 357 g/mol. The number of hydrogen-bond donors (Lipinski definition) is 1. The fraction of sp³-hybridized carbons (Fsp3) is 0.158. The van der Waals surface area contributed by atoms with E-state index in [1.807, 2.05) is 36.6 Å². The Balaban J connectivity index is 1.80. The van der Waals surface area contributed by atoms with Crippen molar-refractivity contribution < 1.29 is 18.3 Å². The normalized spacial score (nSPS) is 10.8. The van der Waals surface area contributed by atoms with Crippen LogP contribution in [0.1, 0.15) is 21.7 Å². The summed E-state index contributed by atoms with van der Waals surface area (Å²) in [5.41, 5.74) is 2.64. The van der Waals surface area contributed by atoms with Gasteiger partial charge in [-0.05, 0) is 56.3 Å². The quantitative estimate of drug-likeness (QED) is 0.739. The zero-order valence-corrected chi connectivity index (χ0v) is 14.2. The van der Waals surface area contributed by atoms with Crippen molar-refractivity contribution in [2.45, 2.75) is 20.5 Å². The summed E-state index contributed by atoms with van der Waals surface area (Å²) >= 11 is 0. The second-order valence-corrected chi connectivity index (χ2v) is 5.67. The molecule has 5 nitrogen and oxygen atoms in total. The zero-order valence-electron chi connectivity index (χ0n) is 14.2. The van der Waals surface area contributed by atoms with Crippen LogP contribution in [0.4, 0.5) is 14.5 Å². The minimum atomic E-state index is -2.88. The number of anilines is 1. The number of amides is 1. The van der Waals surface area contributed by atoms with E-state index in [4.69, 9.17) is 0 Å².